The summed E-state index contributed by atoms with van der Waals surface area (Å²) in [6.45, 7) is 19.5. The lowest BCUT2D eigenvalue weighted by molar-refractivity contribution is -0.149. The number of hydrogen-bond acceptors (Lipinski definition) is 9. The maximum absolute atomic E-state index is 14.9. The summed E-state index contributed by atoms with van der Waals surface area (Å²) in [5, 5.41) is 5.65. The topological polar surface area (TPSA) is 155 Å². The number of fused-ring (bicyclic) bond motifs is 6. The van der Waals surface area contributed by atoms with E-state index in [0.717, 1.165) is 62.9 Å². The highest BCUT2D eigenvalue weighted by molar-refractivity contribution is 5.96. The van der Waals surface area contributed by atoms with Crippen molar-refractivity contribution in [1.29, 1.82) is 0 Å². The fourth-order valence-corrected chi connectivity index (χ4v) is 10.6. The number of hydrazine groups is 1. The summed E-state index contributed by atoms with van der Waals surface area (Å²) in [5.41, 5.74) is 9.63. The Morgan fingerprint density at radius 1 is 1.07 bits per heavy atom. The third kappa shape index (κ3) is 9.98. The summed E-state index contributed by atoms with van der Waals surface area (Å²) >= 11 is 0. The first-order chi connectivity index (χ1) is 32.0. The van der Waals surface area contributed by atoms with Crippen molar-refractivity contribution in [2.24, 2.45) is 17.3 Å². The van der Waals surface area contributed by atoms with Crippen LogP contribution in [0.2, 0.25) is 0 Å². The van der Waals surface area contributed by atoms with Crippen LogP contribution < -0.4 is 10.7 Å². The highest BCUT2D eigenvalue weighted by Crippen LogP contribution is 2.42. The second-order valence-corrected chi connectivity index (χ2v) is 19.9. The van der Waals surface area contributed by atoms with Crippen LogP contribution in [0.4, 0.5) is 0 Å². The van der Waals surface area contributed by atoms with E-state index in [1.165, 1.54) is 16.0 Å². The molecule has 0 saturated carbocycles. The number of benzene rings is 2. The predicted molar refractivity (Wildman–Crippen MR) is 259 cm³/mol. The fraction of sp³-hybridized carbons (Fsp3) is 0.509. The van der Waals surface area contributed by atoms with E-state index in [0.29, 0.717) is 45.4 Å². The summed E-state index contributed by atoms with van der Waals surface area (Å²) in [6, 6.07) is 16.3. The standard InChI is InChI=1S/C53H69N7O7/c1-11-45(62)59-25-21-39(34(59)5)50(64)57(9)47(33(3)4)49(63)55-43-27-36-16-13-17-37(26-36)38-19-20-44-41(28-38)42(48(58(44)12-2)40-18-14-23-54-46(40)35(6)66-10)29-52(7,8)31-67-32-53(30-61)22-15-24-60(56-53)51(43)65/h11,13-14,16-20,23,26,28,30,33-35,39,43,47,56H,1,12,15,21-22,24-25,27,29,31-32H2,2-10H3,(H,55,63)/t34-,35+,39+,43+,47+,53+/m1/s1. The van der Waals surface area contributed by atoms with Gasteiger partial charge >= 0.3 is 0 Å². The first-order valence-electron chi connectivity index (χ1n) is 23.8. The van der Waals surface area contributed by atoms with Gasteiger partial charge < -0.3 is 34.0 Å². The number of hydrogen-bond donors (Lipinski definition) is 2. The van der Waals surface area contributed by atoms with Crippen molar-refractivity contribution in [2.45, 2.75) is 117 Å². The average Bonchev–Trinajstić information content (AvgIpc) is 3.85. The molecule has 4 aromatic rings. The monoisotopic (exact) mass is 916 g/mol. The molecule has 0 unspecified atom stereocenters. The molecule has 0 aliphatic carbocycles. The number of methoxy groups -OCH3 is 1. The highest BCUT2D eigenvalue weighted by Gasteiger charge is 2.44. The second kappa shape index (κ2) is 20.3. The molecule has 358 valence electrons. The minimum atomic E-state index is -1.19. The van der Waals surface area contributed by atoms with Crippen molar-refractivity contribution >= 4 is 40.8 Å². The summed E-state index contributed by atoms with van der Waals surface area (Å²) < 4.78 is 14.7. The zero-order chi connectivity index (χ0) is 48.4. The number of carbonyl (C=O) groups excluding carboxylic acids is 5. The smallest absolute Gasteiger partial charge is 0.259 e. The number of aryl methyl sites for hydroxylation is 1. The maximum Gasteiger partial charge on any atom is 0.259 e. The minimum Gasteiger partial charge on any atom is -0.378 e. The van der Waals surface area contributed by atoms with Crippen LogP contribution in [-0.4, -0.2) is 118 Å². The molecule has 2 fully saturated rings. The Kier molecular flexibility index (Phi) is 14.9. The zero-order valence-corrected chi connectivity index (χ0v) is 40.8. The number of likely N-dealkylation sites (tertiary alicyclic amines) is 1. The minimum absolute atomic E-state index is 0.0341. The van der Waals surface area contributed by atoms with Crippen molar-refractivity contribution in [3.8, 4) is 22.4 Å². The van der Waals surface area contributed by atoms with Crippen LogP contribution in [0.3, 0.4) is 0 Å². The molecule has 0 radical (unpaired) electrons. The molecule has 4 amide bonds. The van der Waals surface area contributed by atoms with E-state index in [4.69, 9.17) is 14.5 Å². The number of nitrogens with one attached hydrogen (secondary N) is 2. The molecule has 5 heterocycles. The Hall–Kier alpha value is -5.70. The molecule has 7 rings (SSSR count). The second-order valence-electron chi connectivity index (χ2n) is 19.9. The van der Waals surface area contributed by atoms with E-state index in [9.17, 15) is 24.0 Å². The molecular formula is C53H69N7O7. The van der Waals surface area contributed by atoms with E-state index in [2.05, 4.69) is 79.1 Å². The highest BCUT2D eigenvalue weighted by atomic mass is 16.5. The van der Waals surface area contributed by atoms with Gasteiger partial charge in [0.15, 0.2) is 0 Å². The average molecular weight is 916 g/mol. The van der Waals surface area contributed by atoms with Crippen molar-refractivity contribution in [2.75, 3.05) is 40.5 Å². The lowest BCUT2D eigenvalue weighted by Crippen LogP contribution is -2.66. The summed E-state index contributed by atoms with van der Waals surface area (Å²) in [6.07, 6.45) is 5.90. The lowest BCUT2D eigenvalue weighted by Gasteiger charge is -2.42. The third-order valence-electron chi connectivity index (χ3n) is 14.2. The normalized spacial score (nSPS) is 23.1. The molecular weight excluding hydrogens is 847 g/mol. The van der Waals surface area contributed by atoms with E-state index in [1.807, 2.05) is 45.9 Å². The first kappa shape index (κ1) is 49.2. The number of pyridine rings is 1. The predicted octanol–water partition coefficient (Wildman–Crippen LogP) is 6.69. The molecule has 2 N–H and O–H groups in total. The molecule has 6 atom stereocenters. The van der Waals surface area contributed by atoms with E-state index in [-0.39, 0.29) is 42.9 Å². The lowest BCUT2D eigenvalue weighted by atomic mass is 9.84. The number of likely N-dealkylation sites (N-methyl/N-ethyl adjacent to an activating group) is 1. The van der Waals surface area contributed by atoms with Crippen LogP contribution in [0.1, 0.15) is 90.7 Å². The van der Waals surface area contributed by atoms with Gasteiger partial charge in [0, 0.05) is 68.9 Å². The number of nitrogens with zero attached hydrogens (tertiary/aromatic N) is 5. The quantitative estimate of drug-likeness (QED) is 0.124. The van der Waals surface area contributed by atoms with E-state index >= 15 is 0 Å². The van der Waals surface area contributed by atoms with Crippen LogP contribution in [0.5, 0.6) is 0 Å². The molecule has 14 heteroatoms. The van der Waals surface area contributed by atoms with E-state index in [1.54, 1.807) is 25.3 Å². The van der Waals surface area contributed by atoms with Gasteiger partial charge in [-0.2, -0.15) is 0 Å². The summed E-state index contributed by atoms with van der Waals surface area (Å²) in [4.78, 5) is 77.2. The number of aldehydes is 1. The first-order valence-corrected chi connectivity index (χ1v) is 23.8. The van der Waals surface area contributed by atoms with Gasteiger partial charge in [-0.15, -0.1) is 0 Å². The number of carbonyl (C=O) groups is 5. The molecule has 14 nitrogen and oxygen atoms in total. The Morgan fingerprint density at radius 3 is 2.54 bits per heavy atom. The number of aromatic nitrogens is 2. The largest absolute Gasteiger partial charge is 0.378 e. The van der Waals surface area contributed by atoms with Crippen molar-refractivity contribution in [3.63, 3.8) is 0 Å². The molecule has 2 saturated heterocycles. The van der Waals surface area contributed by atoms with Crippen LogP contribution >= 0.6 is 0 Å². The van der Waals surface area contributed by atoms with Gasteiger partial charge in [-0.1, -0.05) is 64.6 Å². The molecule has 6 bridgehead atoms. The molecule has 3 aliphatic heterocycles. The Bertz CT molecular complexity index is 2520. The summed E-state index contributed by atoms with van der Waals surface area (Å²) in [7, 11) is 3.32. The maximum atomic E-state index is 14.9. The van der Waals surface area contributed by atoms with Gasteiger partial charge in [-0.05, 0) is 110 Å². The van der Waals surface area contributed by atoms with Gasteiger partial charge in [0.05, 0.1) is 36.6 Å². The van der Waals surface area contributed by atoms with Crippen molar-refractivity contribution < 1.29 is 33.4 Å². The Balaban J connectivity index is 1.30. The van der Waals surface area contributed by atoms with E-state index < -0.39 is 40.8 Å². The Labute approximate surface area is 395 Å². The number of amides is 4. The SMILES string of the molecule is C=CC(=O)N1CC[C@H](C(=O)N(C)[C@H](C(=O)N[C@H]2Cc3cccc(c3)-c3ccc4c(c3)c(c(-c3cccnc3[C@H](C)OC)n4CC)CC(C)(C)COC[C@@]3(C=O)CCCN(N3)C2=O)C(C)C)[C@H]1C. The van der Waals surface area contributed by atoms with Crippen molar-refractivity contribution in [1.82, 2.24) is 35.1 Å². The molecule has 3 aliphatic rings. The number of ether oxygens (including phenoxy) is 2. The van der Waals surface area contributed by atoms with Gasteiger partial charge in [0.25, 0.3) is 5.91 Å². The van der Waals surface area contributed by atoms with Crippen LogP contribution in [-0.2, 0) is 52.8 Å². The zero-order valence-electron chi connectivity index (χ0n) is 40.8. The van der Waals surface area contributed by atoms with Crippen LogP contribution in [0, 0.1) is 17.3 Å². The third-order valence-corrected chi connectivity index (χ3v) is 14.2. The van der Waals surface area contributed by atoms with Gasteiger partial charge in [0.1, 0.15) is 23.9 Å². The van der Waals surface area contributed by atoms with Crippen molar-refractivity contribution in [3.05, 3.63) is 90.3 Å². The van der Waals surface area contributed by atoms with Crippen LogP contribution in [0.25, 0.3) is 33.3 Å². The fourth-order valence-electron chi connectivity index (χ4n) is 10.6. The molecule has 67 heavy (non-hydrogen) atoms. The van der Waals surface area contributed by atoms with Gasteiger partial charge in [0.2, 0.25) is 17.7 Å². The Morgan fingerprint density at radius 2 is 1.84 bits per heavy atom. The van der Waals surface area contributed by atoms with Gasteiger partial charge in [-0.3, -0.25) is 29.2 Å². The van der Waals surface area contributed by atoms with Gasteiger partial charge in [-0.25, -0.2) is 5.43 Å². The molecule has 2 aromatic heterocycles. The number of rotatable bonds is 11. The molecule has 2 aromatic carbocycles. The summed E-state index contributed by atoms with van der Waals surface area (Å²) in [5.74, 6) is -2.17. The molecule has 0 spiro atoms. The van der Waals surface area contributed by atoms with Crippen LogP contribution in [0.15, 0.2) is 73.4 Å².